The van der Waals surface area contributed by atoms with Crippen LogP contribution in [-0.4, -0.2) is 22.8 Å². The van der Waals surface area contributed by atoms with Crippen molar-refractivity contribution in [1.29, 1.82) is 0 Å². The highest BCUT2D eigenvalue weighted by molar-refractivity contribution is 5.82. The Labute approximate surface area is 144 Å². The van der Waals surface area contributed by atoms with Crippen molar-refractivity contribution in [3.05, 3.63) is 35.9 Å². The maximum atomic E-state index is 13.3. The van der Waals surface area contributed by atoms with Gasteiger partial charge < -0.3 is 9.47 Å². The van der Waals surface area contributed by atoms with E-state index in [9.17, 15) is 4.79 Å². The molecule has 3 aliphatic rings. The van der Waals surface area contributed by atoms with Crippen LogP contribution in [0.5, 0.6) is 0 Å². The number of carbonyl (C=O) groups excluding carboxylic acids is 1. The molecule has 4 unspecified atom stereocenters. The summed E-state index contributed by atoms with van der Waals surface area (Å²) in [6.07, 6.45) is 6.37. The second kappa shape index (κ2) is 5.32. The predicted octanol–water partition coefficient (Wildman–Crippen LogP) is 4.60. The summed E-state index contributed by atoms with van der Waals surface area (Å²) >= 11 is 0. The zero-order valence-corrected chi connectivity index (χ0v) is 15.0. The zero-order valence-electron chi connectivity index (χ0n) is 15.0. The van der Waals surface area contributed by atoms with Crippen LogP contribution in [0.3, 0.4) is 0 Å². The van der Waals surface area contributed by atoms with Gasteiger partial charge in [0.15, 0.2) is 5.60 Å². The van der Waals surface area contributed by atoms with E-state index in [1.165, 1.54) is 12.0 Å². The van der Waals surface area contributed by atoms with Crippen molar-refractivity contribution in [1.82, 2.24) is 0 Å². The van der Waals surface area contributed by atoms with Gasteiger partial charge in [0.2, 0.25) is 0 Å². The fourth-order valence-corrected chi connectivity index (χ4v) is 5.43. The Balaban J connectivity index is 1.79. The first kappa shape index (κ1) is 16.1. The fourth-order valence-electron chi connectivity index (χ4n) is 5.43. The standard InChI is InChI=1S/C21H28O3/c1-19(2,3)23-18(22)21-14-8-13-20(24-21)12-7-11-16(20)17(21)15-9-5-4-6-10-15/h4-6,9-10,16-17H,7-8,11-14H2,1-3H3. The quantitative estimate of drug-likeness (QED) is 0.744. The highest BCUT2D eigenvalue weighted by Gasteiger charge is 2.69. The van der Waals surface area contributed by atoms with Crippen LogP contribution >= 0.6 is 0 Å². The minimum atomic E-state index is -0.794. The molecule has 0 radical (unpaired) electrons. The molecule has 2 saturated heterocycles. The average molecular weight is 328 g/mol. The summed E-state index contributed by atoms with van der Waals surface area (Å²) in [7, 11) is 0. The third-order valence-corrected chi connectivity index (χ3v) is 6.13. The van der Waals surface area contributed by atoms with Crippen molar-refractivity contribution >= 4 is 5.97 Å². The molecule has 4 rings (SSSR count). The Morgan fingerprint density at radius 3 is 2.54 bits per heavy atom. The number of carbonyl (C=O) groups is 1. The Bertz CT molecular complexity index is 632. The van der Waals surface area contributed by atoms with Gasteiger partial charge in [0.1, 0.15) is 5.60 Å². The number of benzene rings is 1. The van der Waals surface area contributed by atoms with E-state index < -0.39 is 11.2 Å². The predicted molar refractivity (Wildman–Crippen MR) is 92.8 cm³/mol. The van der Waals surface area contributed by atoms with Gasteiger partial charge in [-0.3, -0.25) is 0 Å². The molecule has 24 heavy (non-hydrogen) atoms. The SMILES string of the molecule is CC(C)(C)OC(=O)C12CCCC3(CCCC3C1c1ccccc1)O2. The van der Waals surface area contributed by atoms with Crippen LogP contribution in [0.4, 0.5) is 0 Å². The molecule has 1 aliphatic carbocycles. The Morgan fingerprint density at radius 1 is 1.12 bits per heavy atom. The summed E-state index contributed by atoms with van der Waals surface area (Å²) < 4.78 is 12.5. The van der Waals surface area contributed by atoms with Gasteiger partial charge in [0.05, 0.1) is 5.60 Å². The molecule has 130 valence electrons. The topological polar surface area (TPSA) is 35.5 Å². The van der Waals surface area contributed by atoms with E-state index in [4.69, 9.17) is 9.47 Å². The minimum Gasteiger partial charge on any atom is -0.458 e. The molecule has 2 heterocycles. The van der Waals surface area contributed by atoms with Gasteiger partial charge >= 0.3 is 5.97 Å². The van der Waals surface area contributed by atoms with Gasteiger partial charge in [0.25, 0.3) is 0 Å². The van der Waals surface area contributed by atoms with Crippen molar-refractivity contribution < 1.29 is 14.3 Å². The van der Waals surface area contributed by atoms with Gasteiger partial charge in [0, 0.05) is 5.92 Å². The molecule has 1 saturated carbocycles. The molecule has 0 N–H and O–H groups in total. The van der Waals surface area contributed by atoms with Gasteiger partial charge in [-0.2, -0.15) is 0 Å². The molecule has 1 spiro atoms. The normalized spacial score (nSPS) is 38.0. The summed E-state index contributed by atoms with van der Waals surface area (Å²) in [6.45, 7) is 5.81. The summed E-state index contributed by atoms with van der Waals surface area (Å²) in [5.41, 5.74) is -0.147. The highest BCUT2D eigenvalue weighted by Crippen LogP contribution is 2.65. The number of esters is 1. The smallest absolute Gasteiger partial charge is 0.339 e. The summed E-state index contributed by atoms with van der Waals surface area (Å²) in [4.78, 5) is 13.3. The van der Waals surface area contributed by atoms with Gasteiger partial charge in [-0.05, 0) is 64.4 Å². The number of hydrogen-bond acceptors (Lipinski definition) is 3. The third-order valence-electron chi connectivity index (χ3n) is 6.13. The highest BCUT2D eigenvalue weighted by atomic mass is 16.6. The van der Waals surface area contributed by atoms with E-state index in [-0.39, 0.29) is 17.5 Å². The monoisotopic (exact) mass is 328 g/mol. The molecule has 4 atom stereocenters. The molecule has 0 amide bonds. The van der Waals surface area contributed by atoms with Crippen molar-refractivity contribution in [3.63, 3.8) is 0 Å². The van der Waals surface area contributed by atoms with E-state index in [2.05, 4.69) is 24.3 Å². The maximum Gasteiger partial charge on any atom is 0.339 e. The van der Waals surface area contributed by atoms with E-state index in [1.807, 2.05) is 26.8 Å². The molecule has 3 nitrogen and oxygen atoms in total. The van der Waals surface area contributed by atoms with Crippen molar-refractivity contribution in [3.8, 4) is 0 Å². The Kier molecular flexibility index (Phi) is 3.58. The lowest BCUT2D eigenvalue weighted by Crippen LogP contribution is -2.50. The number of hydrogen-bond donors (Lipinski definition) is 0. The van der Waals surface area contributed by atoms with Crippen molar-refractivity contribution in [2.24, 2.45) is 5.92 Å². The van der Waals surface area contributed by atoms with Crippen LogP contribution in [0.15, 0.2) is 30.3 Å². The minimum absolute atomic E-state index is 0.102. The molecule has 1 aromatic carbocycles. The Hall–Kier alpha value is -1.35. The number of ether oxygens (including phenoxy) is 2. The summed E-state index contributed by atoms with van der Waals surface area (Å²) in [5, 5.41) is 0. The molecule has 3 heteroatoms. The largest absolute Gasteiger partial charge is 0.458 e. The molecule has 3 fully saturated rings. The van der Waals surface area contributed by atoms with Gasteiger partial charge in [-0.25, -0.2) is 4.79 Å². The molecule has 0 aromatic heterocycles. The van der Waals surface area contributed by atoms with Crippen LogP contribution in [0.25, 0.3) is 0 Å². The van der Waals surface area contributed by atoms with E-state index >= 15 is 0 Å². The second-order valence-corrected chi connectivity index (χ2v) is 8.80. The lowest BCUT2D eigenvalue weighted by Gasteiger charge is -2.40. The van der Waals surface area contributed by atoms with E-state index in [1.54, 1.807) is 0 Å². The molecule has 1 aromatic rings. The zero-order chi connectivity index (χ0) is 17.0. The first-order valence-corrected chi connectivity index (χ1v) is 9.35. The van der Waals surface area contributed by atoms with Crippen molar-refractivity contribution in [2.75, 3.05) is 0 Å². The third kappa shape index (κ3) is 2.32. The lowest BCUT2D eigenvalue weighted by molar-refractivity contribution is -0.202. The molecule has 2 bridgehead atoms. The van der Waals surface area contributed by atoms with Crippen LogP contribution < -0.4 is 0 Å². The number of fused-ring (bicyclic) bond motifs is 1. The molecule has 2 aliphatic heterocycles. The number of rotatable bonds is 2. The molecular formula is C21H28O3. The summed E-state index contributed by atoms with van der Waals surface area (Å²) in [5.74, 6) is 0.408. The maximum absolute atomic E-state index is 13.3. The fraction of sp³-hybridized carbons (Fsp3) is 0.667. The van der Waals surface area contributed by atoms with Crippen LogP contribution in [-0.2, 0) is 14.3 Å². The Morgan fingerprint density at radius 2 is 1.83 bits per heavy atom. The first-order chi connectivity index (χ1) is 11.4. The van der Waals surface area contributed by atoms with Crippen LogP contribution in [0.2, 0.25) is 0 Å². The summed E-state index contributed by atoms with van der Waals surface area (Å²) in [6, 6.07) is 10.5. The van der Waals surface area contributed by atoms with Gasteiger partial charge in [-0.1, -0.05) is 36.8 Å². The first-order valence-electron chi connectivity index (χ1n) is 9.35. The molecular weight excluding hydrogens is 300 g/mol. The van der Waals surface area contributed by atoms with E-state index in [0.717, 1.165) is 32.1 Å². The van der Waals surface area contributed by atoms with Crippen molar-refractivity contribution in [2.45, 2.75) is 82.0 Å². The van der Waals surface area contributed by atoms with Crippen LogP contribution in [0, 0.1) is 5.92 Å². The van der Waals surface area contributed by atoms with E-state index in [0.29, 0.717) is 5.92 Å². The second-order valence-electron chi connectivity index (χ2n) is 8.80. The lowest BCUT2D eigenvalue weighted by atomic mass is 9.73. The average Bonchev–Trinajstić information content (AvgIpc) is 2.97. The van der Waals surface area contributed by atoms with Crippen LogP contribution in [0.1, 0.15) is 70.8 Å². The van der Waals surface area contributed by atoms with Gasteiger partial charge in [-0.15, -0.1) is 0 Å².